The van der Waals surface area contributed by atoms with Crippen molar-refractivity contribution in [3.63, 3.8) is 0 Å². The van der Waals surface area contributed by atoms with Crippen molar-refractivity contribution in [2.24, 2.45) is 11.8 Å². The van der Waals surface area contributed by atoms with Crippen molar-refractivity contribution in [3.8, 4) is 0 Å². The third-order valence-electron chi connectivity index (χ3n) is 2.56. The number of benzene rings is 1. The van der Waals surface area contributed by atoms with Crippen molar-refractivity contribution in [1.82, 2.24) is 0 Å². The minimum atomic E-state index is -0.395. The maximum Gasteiger partial charge on any atom is 0.307 e. The highest BCUT2D eigenvalue weighted by Crippen LogP contribution is 2.36. The number of anilines is 1. The Hall–Kier alpha value is -1.27. The molecule has 1 rings (SSSR count). The molecule has 0 bridgehead atoms. The van der Waals surface area contributed by atoms with Crippen LogP contribution in [0, 0.1) is 16.0 Å². The molecule has 0 radical (unpaired) electrons. The average molecular weight is 255 g/mol. The number of hydrogen-bond acceptors (Lipinski definition) is 5. The highest BCUT2D eigenvalue weighted by Gasteiger charge is 2.19. The summed E-state index contributed by atoms with van der Waals surface area (Å²) in [4.78, 5) is 11.3. The average Bonchev–Trinajstić information content (AvgIpc) is 2.34. The second-order valence-corrected chi connectivity index (χ2v) is 4.94. The number of nitrogen functional groups attached to an aromatic ring is 1. The third-order valence-corrected chi connectivity index (χ3v) is 3.93. The summed E-state index contributed by atoms with van der Waals surface area (Å²) in [5.41, 5.74) is 2.77. The molecule has 0 aliphatic carbocycles. The Kier molecular flexibility index (Phi) is 5.24. The van der Waals surface area contributed by atoms with Gasteiger partial charge in [0, 0.05) is 5.75 Å². The van der Waals surface area contributed by atoms with E-state index in [-0.39, 0.29) is 5.69 Å². The van der Waals surface area contributed by atoms with E-state index in [1.807, 2.05) is 0 Å². The van der Waals surface area contributed by atoms with Crippen LogP contribution < -0.4 is 11.3 Å². The van der Waals surface area contributed by atoms with Crippen molar-refractivity contribution >= 4 is 23.1 Å². The van der Waals surface area contributed by atoms with Gasteiger partial charge in [0.2, 0.25) is 0 Å². The lowest BCUT2D eigenvalue weighted by Crippen LogP contribution is -2.09. The molecule has 6 heteroatoms. The van der Waals surface area contributed by atoms with E-state index in [1.165, 1.54) is 11.8 Å². The number of rotatable bonds is 6. The highest BCUT2D eigenvalue weighted by molar-refractivity contribution is 7.99. The van der Waals surface area contributed by atoms with Gasteiger partial charge in [-0.3, -0.25) is 16.0 Å². The topological polar surface area (TPSA) is 81.2 Å². The first-order chi connectivity index (χ1) is 8.10. The van der Waals surface area contributed by atoms with Gasteiger partial charge in [0.15, 0.2) is 0 Å². The van der Waals surface area contributed by atoms with Crippen LogP contribution in [0.5, 0.6) is 0 Å². The molecule has 0 heterocycles. The maximum atomic E-state index is 11.0. The minimum absolute atomic E-state index is 0.0586. The summed E-state index contributed by atoms with van der Waals surface area (Å²) in [5.74, 6) is 6.68. The first-order valence-corrected chi connectivity index (χ1v) is 6.45. The molecule has 1 unspecified atom stereocenters. The molecule has 5 nitrogen and oxygen atoms in total. The van der Waals surface area contributed by atoms with Crippen molar-refractivity contribution in [2.45, 2.75) is 25.2 Å². The first kappa shape index (κ1) is 13.8. The van der Waals surface area contributed by atoms with Crippen LogP contribution in [0.2, 0.25) is 0 Å². The maximum absolute atomic E-state index is 11.0. The second kappa shape index (κ2) is 6.46. The molecule has 1 atom stereocenters. The molecule has 1 aromatic carbocycles. The number of para-hydroxylation sites is 1. The van der Waals surface area contributed by atoms with Gasteiger partial charge in [-0.1, -0.05) is 26.3 Å². The Morgan fingerprint density at radius 3 is 2.82 bits per heavy atom. The number of nitrogens with one attached hydrogen (secondary N) is 1. The molecule has 17 heavy (non-hydrogen) atoms. The number of hydrazine groups is 1. The van der Waals surface area contributed by atoms with Gasteiger partial charge in [-0.25, -0.2) is 0 Å². The smallest absolute Gasteiger partial charge is 0.307 e. The summed E-state index contributed by atoms with van der Waals surface area (Å²) in [6.45, 7) is 4.24. The van der Waals surface area contributed by atoms with Gasteiger partial charge >= 0.3 is 5.69 Å². The molecule has 0 aliphatic heterocycles. The Bertz CT molecular complexity index is 398. The molecule has 0 spiro atoms. The first-order valence-electron chi connectivity index (χ1n) is 5.47. The third kappa shape index (κ3) is 3.61. The van der Waals surface area contributed by atoms with E-state index in [2.05, 4.69) is 19.3 Å². The van der Waals surface area contributed by atoms with Crippen LogP contribution in [0.3, 0.4) is 0 Å². The van der Waals surface area contributed by atoms with E-state index in [0.717, 1.165) is 12.2 Å². The van der Waals surface area contributed by atoms with E-state index in [4.69, 9.17) is 5.84 Å². The van der Waals surface area contributed by atoms with Gasteiger partial charge in [0.1, 0.15) is 5.69 Å². The fraction of sp³-hybridized carbons (Fsp3) is 0.455. The lowest BCUT2D eigenvalue weighted by atomic mass is 10.2. The van der Waals surface area contributed by atoms with E-state index >= 15 is 0 Å². The normalized spacial score (nSPS) is 12.2. The molecule has 0 aromatic heterocycles. The van der Waals surface area contributed by atoms with Crippen LogP contribution in [0.4, 0.5) is 11.4 Å². The van der Waals surface area contributed by atoms with Gasteiger partial charge in [-0.2, -0.15) is 0 Å². The molecule has 0 fully saturated rings. The van der Waals surface area contributed by atoms with Crippen molar-refractivity contribution in [2.75, 3.05) is 11.2 Å². The molecular formula is C11H17N3O2S. The summed E-state index contributed by atoms with van der Waals surface area (Å²) in [6, 6.07) is 5.12. The van der Waals surface area contributed by atoms with Crippen LogP contribution in [-0.4, -0.2) is 10.7 Å². The van der Waals surface area contributed by atoms with Gasteiger partial charge in [-0.15, -0.1) is 11.8 Å². The van der Waals surface area contributed by atoms with Crippen LogP contribution in [-0.2, 0) is 0 Å². The van der Waals surface area contributed by atoms with Gasteiger partial charge in [-0.05, 0) is 18.1 Å². The zero-order valence-electron chi connectivity index (χ0n) is 9.97. The Labute approximate surface area is 105 Å². The van der Waals surface area contributed by atoms with E-state index in [1.54, 1.807) is 18.2 Å². The molecule has 0 saturated heterocycles. The predicted molar refractivity (Wildman–Crippen MR) is 71.1 cm³/mol. The Morgan fingerprint density at radius 2 is 2.29 bits per heavy atom. The number of nitrogens with zero attached hydrogens (tertiary/aromatic N) is 1. The SMILES string of the molecule is CCC(C)CSc1cccc(NN)c1[N+](=O)[O-]. The summed E-state index contributed by atoms with van der Waals surface area (Å²) >= 11 is 1.50. The molecule has 0 aliphatic rings. The minimum Gasteiger partial charge on any atom is -0.318 e. The Morgan fingerprint density at radius 1 is 1.59 bits per heavy atom. The molecule has 0 saturated carbocycles. The second-order valence-electron chi connectivity index (χ2n) is 3.88. The van der Waals surface area contributed by atoms with Crippen molar-refractivity contribution < 1.29 is 4.92 Å². The largest absolute Gasteiger partial charge is 0.318 e. The van der Waals surface area contributed by atoms with E-state index in [9.17, 15) is 10.1 Å². The van der Waals surface area contributed by atoms with Crippen molar-refractivity contribution in [1.29, 1.82) is 0 Å². The zero-order chi connectivity index (χ0) is 12.8. The van der Waals surface area contributed by atoms with Crippen LogP contribution in [0.1, 0.15) is 20.3 Å². The number of hydrogen-bond donors (Lipinski definition) is 2. The standard InChI is InChI=1S/C11H17N3O2S/c1-3-8(2)7-17-10-6-4-5-9(13-12)11(10)14(15)16/h4-6,8,13H,3,7,12H2,1-2H3. The van der Waals surface area contributed by atoms with E-state index in [0.29, 0.717) is 16.5 Å². The fourth-order valence-electron chi connectivity index (χ4n) is 1.29. The number of nitro benzene ring substituents is 1. The number of thioether (sulfide) groups is 1. The number of nitro groups is 1. The predicted octanol–water partition coefficient (Wildman–Crippen LogP) is 3.02. The molecule has 0 amide bonds. The fourth-order valence-corrected chi connectivity index (χ4v) is 2.49. The van der Waals surface area contributed by atoms with E-state index < -0.39 is 4.92 Å². The van der Waals surface area contributed by atoms with Gasteiger partial charge < -0.3 is 5.43 Å². The zero-order valence-corrected chi connectivity index (χ0v) is 10.8. The van der Waals surface area contributed by atoms with Crippen LogP contribution in [0.15, 0.2) is 23.1 Å². The summed E-state index contributed by atoms with van der Waals surface area (Å²) in [5, 5.41) is 11.0. The van der Waals surface area contributed by atoms with Gasteiger partial charge in [0.25, 0.3) is 0 Å². The molecular weight excluding hydrogens is 238 g/mol. The Balaban J connectivity index is 2.94. The quantitative estimate of drug-likeness (QED) is 0.353. The summed E-state index contributed by atoms with van der Waals surface area (Å²) in [7, 11) is 0. The summed E-state index contributed by atoms with van der Waals surface area (Å²) < 4.78 is 0. The highest BCUT2D eigenvalue weighted by atomic mass is 32.2. The summed E-state index contributed by atoms with van der Waals surface area (Å²) in [6.07, 6.45) is 1.07. The van der Waals surface area contributed by atoms with Crippen molar-refractivity contribution in [3.05, 3.63) is 28.3 Å². The molecule has 94 valence electrons. The van der Waals surface area contributed by atoms with Crippen LogP contribution in [0.25, 0.3) is 0 Å². The lowest BCUT2D eigenvalue weighted by Gasteiger charge is -2.09. The monoisotopic (exact) mass is 255 g/mol. The molecule has 1 aromatic rings. The van der Waals surface area contributed by atoms with Gasteiger partial charge in [0.05, 0.1) is 9.82 Å². The number of nitrogens with two attached hydrogens (primary N) is 1. The lowest BCUT2D eigenvalue weighted by molar-refractivity contribution is -0.386. The molecule has 3 N–H and O–H groups in total. The van der Waals surface area contributed by atoms with Crippen LogP contribution >= 0.6 is 11.8 Å².